The molecule has 40 heavy (non-hydrogen) atoms. The number of nitrogens with zero attached hydrogens (tertiary/aromatic N) is 3. The van der Waals surface area contributed by atoms with E-state index >= 15 is 0 Å². The van der Waals surface area contributed by atoms with E-state index in [0.29, 0.717) is 22.2 Å². The molecule has 0 unspecified atom stereocenters. The number of carbonyl (C=O) groups is 1. The quantitative estimate of drug-likeness (QED) is 0.174. The van der Waals surface area contributed by atoms with Crippen molar-refractivity contribution in [2.75, 3.05) is 10.8 Å². The number of anilines is 1. The Morgan fingerprint density at radius 2 is 1.70 bits per heavy atom. The van der Waals surface area contributed by atoms with Crippen LogP contribution in [0.3, 0.4) is 0 Å². The van der Waals surface area contributed by atoms with Crippen LogP contribution in [0.5, 0.6) is 0 Å². The van der Waals surface area contributed by atoms with Gasteiger partial charge in [-0.1, -0.05) is 72.1 Å². The van der Waals surface area contributed by atoms with Gasteiger partial charge in [-0.05, 0) is 69.2 Å². The first kappa shape index (κ1) is 29.4. The predicted molar refractivity (Wildman–Crippen MR) is 163 cm³/mol. The van der Waals surface area contributed by atoms with Gasteiger partial charge in [-0.25, -0.2) is 13.8 Å². The van der Waals surface area contributed by atoms with Crippen LogP contribution in [-0.4, -0.2) is 31.7 Å². The summed E-state index contributed by atoms with van der Waals surface area (Å²) in [4.78, 5) is 13.1. The van der Waals surface area contributed by atoms with E-state index < -0.39 is 22.5 Å². The van der Waals surface area contributed by atoms with Crippen LogP contribution in [0.2, 0.25) is 10.0 Å². The number of amides is 1. The molecule has 0 saturated carbocycles. The molecule has 0 fully saturated rings. The zero-order valence-electron chi connectivity index (χ0n) is 22.7. The van der Waals surface area contributed by atoms with Gasteiger partial charge in [0.25, 0.3) is 15.9 Å². The Hall–Kier alpha value is -3.59. The van der Waals surface area contributed by atoms with Crippen LogP contribution >= 0.6 is 23.2 Å². The van der Waals surface area contributed by atoms with Gasteiger partial charge in [0.15, 0.2) is 0 Å². The summed E-state index contributed by atoms with van der Waals surface area (Å²) in [5.74, 6) is -0.579. The van der Waals surface area contributed by atoms with Crippen LogP contribution in [-0.2, 0) is 21.2 Å². The lowest BCUT2D eigenvalue weighted by molar-refractivity contribution is -0.119. The van der Waals surface area contributed by atoms with Gasteiger partial charge in [-0.15, -0.1) is 0 Å². The molecule has 0 aliphatic rings. The number of carbonyl (C=O) groups excluding carboxylic acids is 1. The predicted octanol–water partition coefficient (Wildman–Crippen LogP) is 6.62. The molecular weight excluding hydrogens is 567 g/mol. The highest BCUT2D eigenvalue weighted by Gasteiger charge is 2.28. The summed E-state index contributed by atoms with van der Waals surface area (Å²) in [6.07, 6.45) is 2.12. The average Bonchev–Trinajstić information content (AvgIpc) is 3.21. The summed E-state index contributed by atoms with van der Waals surface area (Å²) in [5, 5.41) is 5.01. The highest BCUT2D eigenvalue weighted by Crippen LogP contribution is 2.31. The van der Waals surface area contributed by atoms with Gasteiger partial charge in [0, 0.05) is 17.0 Å². The molecule has 4 aromatic rings. The third-order valence-corrected chi connectivity index (χ3v) is 9.16. The fraction of sp³-hybridized carbons (Fsp3) is 0.200. The van der Waals surface area contributed by atoms with Crippen LogP contribution in [0, 0.1) is 20.8 Å². The largest absolute Gasteiger partial charge is 0.316 e. The lowest BCUT2D eigenvalue weighted by atomic mass is 10.1. The number of halogens is 2. The number of hydrazone groups is 1. The van der Waals surface area contributed by atoms with Gasteiger partial charge in [-0.2, -0.15) is 5.10 Å². The van der Waals surface area contributed by atoms with Gasteiger partial charge in [0.05, 0.1) is 32.5 Å². The average molecular weight is 598 g/mol. The number of hydrogen-bond donors (Lipinski definition) is 1. The molecule has 0 bridgehead atoms. The molecule has 3 aromatic carbocycles. The first-order chi connectivity index (χ1) is 19.0. The second kappa shape index (κ2) is 12.3. The van der Waals surface area contributed by atoms with Crippen LogP contribution in [0.25, 0.3) is 5.69 Å². The molecule has 0 aliphatic carbocycles. The van der Waals surface area contributed by atoms with Crippen molar-refractivity contribution in [1.29, 1.82) is 0 Å². The molecule has 10 heteroatoms. The zero-order chi connectivity index (χ0) is 29.0. The number of aryl methyl sites for hydroxylation is 3. The third kappa shape index (κ3) is 6.09. The molecular formula is C30H30Cl2N4O3S. The van der Waals surface area contributed by atoms with Crippen molar-refractivity contribution in [2.24, 2.45) is 5.10 Å². The second-order valence-corrected chi connectivity index (χ2v) is 12.0. The highest BCUT2D eigenvalue weighted by molar-refractivity contribution is 7.92. The van der Waals surface area contributed by atoms with Crippen LogP contribution in [0.15, 0.2) is 82.8 Å². The molecule has 1 aromatic heterocycles. The van der Waals surface area contributed by atoms with E-state index in [1.165, 1.54) is 6.21 Å². The minimum Gasteiger partial charge on any atom is -0.316 e. The Kier molecular flexibility index (Phi) is 9.03. The summed E-state index contributed by atoms with van der Waals surface area (Å²) in [6.45, 7) is 7.21. The van der Waals surface area contributed by atoms with Gasteiger partial charge in [0.2, 0.25) is 0 Å². The maximum Gasteiger partial charge on any atom is 0.264 e. The fourth-order valence-corrected chi connectivity index (χ4v) is 6.32. The normalized spacial score (nSPS) is 11.7. The Labute approximate surface area is 245 Å². The molecule has 0 saturated heterocycles. The van der Waals surface area contributed by atoms with Gasteiger partial charge < -0.3 is 4.57 Å². The summed E-state index contributed by atoms with van der Waals surface area (Å²) in [7, 11) is -4.03. The van der Waals surface area contributed by atoms with Gasteiger partial charge in [-0.3, -0.25) is 9.10 Å². The van der Waals surface area contributed by atoms with Crippen molar-refractivity contribution < 1.29 is 13.2 Å². The Balaban J connectivity index is 1.59. The van der Waals surface area contributed by atoms with Crippen molar-refractivity contribution >= 4 is 51.0 Å². The summed E-state index contributed by atoms with van der Waals surface area (Å²) in [5.41, 5.74) is 7.92. The van der Waals surface area contributed by atoms with Gasteiger partial charge >= 0.3 is 0 Å². The summed E-state index contributed by atoms with van der Waals surface area (Å²) in [6, 6.07) is 21.0. The maximum absolute atomic E-state index is 13.7. The number of hydrogen-bond acceptors (Lipinski definition) is 4. The standard InChI is InChI=1S/C30H30Cl2N4O3S/c1-5-23-9-6-7-11-27(23)35(40(38,39)25-15-13-20(2)14-16-25)19-29(37)34-33-18-24-17-21(3)36(22(24)4)28-12-8-10-26(31)30(28)32/h6-18H,5,19H2,1-4H3,(H,34,37)/b33-18-. The molecule has 0 spiro atoms. The van der Waals surface area contributed by atoms with Crippen molar-refractivity contribution in [3.05, 3.63) is 111 Å². The number of nitrogens with one attached hydrogen (secondary N) is 1. The third-order valence-electron chi connectivity index (χ3n) is 6.57. The highest BCUT2D eigenvalue weighted by atomic mass is 35.5. The molecule has 0 aliphatic heterocycles. The lowest BCUT2D eigenvalue weighted by Crippen LogP contribution is -2.40. The monoisotopic (exact) mass is 596 g/mol. The van der Waals surface area contributed by atoms with Crippen molar-refractivity contribution in [1.82, 2.24) is 9.99 Å². The number of rotatable bonds is 9. The van der Waals surface area contributed by atoms with E-state index in [1.807, 2.05) is 62.6 Å². The first-order valence-electron chi connectivity index (χ1n) is 12.7. The number of benzene rings is 3. The minimum absolute atomic E-state index is 0.104. The Morgan fingerprint density at radius 3 is 2.40 bits per heavy atom. The van der Waals surface area contributed by atoms with E-state index in [9.17, 15) is 13.2 Å². The van der Waals surface area contributed by atoms with Crippen LogP contribution < -0.4 is 9.73 Å². The van der Waals surface area contributed by atoms with Crippen molar-refractivity contribution in [3.63, 3.8) is 0 Å². The second-order valence-electron chi connectivity index (χ2n) is 9.34. The number of aromatic nitrogens is 1. The van der Waals surface area contributed by atoms with Crippen LogP contribution in [0.4, 0.5) is 5.69 Å². The molecule has 1 N–H and O–H groups in total. The van der Waals surface area contributed by atoms with Crippen molar-refractivity contribution in [2.45, 2.75) is 39.0 Å². The van der Waals surface area contributed by atoms with E-state index in [2.05, 4.69) is 10.5 Å². The van der Waals surface area contributed by atoms with E-state index in [4.69, 9.17) is 23.2 Å². The zero-order valence-corrected chi connectivity index (χ0v) is 25.0. The van der Waals surface area contributed by atoms with E-state index in [-0.39, 0.29) is 4.90 Å². The first-order valence-corrected chi connectivity index (χ1v) is 14.9. The number of sulfonamides is 1. The molecule has 208 valence electrons. The topological polar surface area (TPSA) is 83.8 Å². The summed E-state index contributed by atoms with van der Waals surface area (Å²) < 4.78 is 30.5. The minimum atomic E-state index is -4.03. The Morgan fingerprint density at radius 1 is 1.00 bits per heavy atom. The lowest BCUT2D eigenvalue weighted by Gasteiger charge is -2.25. The number of para-hydroxylation sites is 1. The molecule has 1 heterocycles. The van der Waals surface area contributed by atoms with Crippen molar-refractivity contribution in [3.8, 4) is 5.69 Å². The van der Waals surface area contributed by atoms with Crippen LogP contribution in [0.1, 0.15) is 35.0 Å². The molecule has 7 nitrogen and oxygen atoms in total. The smallest absolute Gasteiger partial charge is 0.264 e. The van der Waals surface area contributed by atoms with E-state index in [1.54, 1.807) is 42.5 Å². The maximum atomic E-state index is 13.7. The molecule has 0 radical (unpaired) electrons. The summed E-state index contributed by atoms with van der Waals surface area (Å²) >= 11 is 12.6. The van der Waals surface area contributed by atoms with Gasteiger partial charge in [0.1, 0.15) is 6.54 Å². The van der Waals surface area contributed by atoms with E-state index in [0.717, 1.165) is 38.1 Å². The molecule has 4 rings (SSSR count). The Bertz CT molecular complexity index is 1680. The SMILES string of the molecule is CCc1ccccc1N(CC(=O)N/N=C\c1cc(C)n(-c2cccc(Cl)c2Cl)c1C)S(=O)(=O)c1ccc(C)cc1. The fourth-order valence-electron chi connectivity index (χ4n) is 4.48. The molecule has 0 atom stereocenters. The molecule has 1 amide bonds.